The van der Waals surface area contributed by atoms with Crippen LogP contribution < -0.4 is 5.32 Å². The molecule has 142 valence electrons. The number of sulfone groups is 1. The van der Waals surface area contributed by atoms with E-state index in [0.29, 0.717) is 17.8 Å². The molecule has 3 rings (SSSR count). The van der Waals surface area contributed by atoms with Crippen molar-refractivity contribution in [2.45, 2.75) is 25.9 Å². The fourth-order valence-electron chi connectivity index (χ4n) is 3.21. The average molecular weight is 386 g/mol. The lowest BCUT2D eigenvalue weighted by Gasteiger charge is -2.27. The zero-order valence-corrected chi connectivity index (χ0v) is 16.1. The van der Waals surface area contributed by atoms with Gasteiger partial charge >= 0.3 is 0 Å². The van der Waals surface area contributed by atoms with Crippen LogP contribution in [0.2, 0.25) is 0 Å². The van der Waals surface area contributed by atoms with Crippen molar-refractivity contribution in [2.75, 3.05) is 17.3 Å². The molecule has 2 aromatic rings. The second-order valence-electron chi connectivity index (χ2n) is 6.83. The summed E-state index contributed by atoms with van der Waals surface area (Å²) in [5.74, 6) is -0.794. The topological polar surface area (TPSA) is 83.6 Å². The van der Waals surface area contributed by atoms with Gasteiger partial charge in [0, 0.05) is 24.1 Å². The average Bonchev–Trinajstić information content (AvgIpc) is 2.93. The van der Waals surface area contributed by atoms with Crippen molar-refractivity contribution in [1.82, 2.24) is 4.90 Å². The van der Waals surface area contributed by atoms with E-state index in [2.05, 4.69) is 5.32 Å². The molecular formula is C20H22N2O4S. The van der Waals surface area contributed by atoms with Crippen LogP contribution in [0.25, 0.3) is 0 Å². The molecule has 0 saturated heterocycles. The summed E-state index contributed by atoms with van der Waals surface area (Å²) in [6, 6.07) is 13.7. The van der Waals surface area contributed by atoms with Crippen LogP contribution >= 0.6 is 0 Å². The number of nitrogens with zero attached hydrogens (tertiary/aromatic N) is 1. The Bertz CT molecular complexity index is 985. The molecule has 1 heterocycles. The van der Waals surface area contributed by atoms with Crippen LogP contribution in [0, 0.1) is 6.92 Å². The summed E-state index contributed by atoms with van der Waals surface area (Å²) >= 11 is 0. The standard InChI is InChI=1S/C20H22N2O4S/c1-14-7-3-6-10-17(14)21-19(23)18(11-12-27(2,25)26)22-13-15-8-4-5-9-16(15)20(22)24/h3-10,18H,11-13H2,1-2H3,(H,21,23)/t18-/m1/s1. The van der Waals surface area contributed by atoms with E-state index < -0.39 is 15.9 Å². The third-order valence-electron chi connectivity index (χ3n) is 4.69. The lowest BCUT2D eigenvalue weighted by molar-refractivity contribution is -0.120. The zero-order chi connectivity index (χ0) is 19.6. The van der Waals surface area contributed by atoms with Gasteiger partial charge in [-0.15, -0.1) is 0 Å². The van der Waals surface area contributed by atoms with Crippen LogP contribution in [0.15, 0.2) is 48.5 Å². The molecule has 0 fully saturated rings. The van der Waals surface area contributed by atoms with Crippen LogP contribution in [0.1, 0.15) is 27.9 Å². The van der Waals surface area contributed by atoms with Crippen LogP contribution in [-0.4, -0.2) is 43.2 Å². The van der Waals surface area contributed by atoms with E-state index in [4.69, 9.17) is 0 Å². The molecule has 0 spiro atoms. The first-order chi connectivity index (χ1) is 12.8. The molecular weight excluding hydrogens is 364 g/mol. The smallest absolute Gasteiger partial charge is 0.255 e. The van der Waals surface area contributed by atoms with Crippen LogP contribution in [-0.2, 0) is 21.2 Å². The Kier molecular flexibility index (Phi) is 5.32. The lowest BCUT2D eigenvalue weighted by atomic mass is 10.1. The highest BCUT2D eigenvalue weighted by Crippen LogP contribution is 2.26. The van der Waals surface area contributed by atoms with E-state index in [9.17, 15) is 18.0 Å². The number of fused-ring (bicyclic) bond motifs is 1. The highest BCUT2D eigenvalue weighted by Gasteiger charge is 2.36. The third-order valence-corrected chi connectivity index (χ3v) is 5.67. The molecule has 27 heavy (non-hydrogen) atoms. The van der Waals surface area contributed by atoms with Gasteiger partial charge in [0.15, 0.2) is 0 Å². The molecule has 6 nitrogen and oxygen atoms in total. The second-order valence-corrected chi connectivity index (χ2v) is 9.09. The number of hydrogen-bond donors (Lipinski definition) is 1. The summed E-state index contributed by atoms with van der Waals surface area (Å²) in [7, 11) is -3.27. The Morgan fingerprint density at radius 1 is 1.15 bits per heavy atom. The molecule has 0 saturated carbocycles. The number of nitrogens with one attached hydrogen (secondary N) is 1. The first-order valence-corrected chi connectivity index (χ1v) is 10.8. The van der Waals surface area contributed by atoms with Gasteiger partial charge in [0.1, 0.15) is 15.9 Å². The molecule has 1 aliphatic rings. The Balaban J connectivity index is 1.86. The number of rotatable bonds is 6. The van der Waals surface area contributed by atoms with Gasteiger partial charge in [0.25, 0.3) is 5.91 Å². The minimum absolute atomic E-state index is 0.0519. The summed E-state index contributed by atoms with van der Waals surface area (Å²) in [5.41, 5.74) is 2.95. The number of carbonyl (C=O) groups excluding carboxylic acids is 2. The molecule has 1 atom stereocenters. The number of benzene rings is 2. The maximum absolute atomic E-state index is 13.0. The van der Waals surface area contributed by atoms with Crippen molar-refractivity contribution in [3.8, 4) is 0 Å². The van der Waals surface area contributed by atoms with Crippen molar-refractivity contribution < 1.29 is 18.0 Å². The summed E-state index contributed by atoms with van der Waals surface area (Å²) < 4.78 is 23.3. The molecule has 0 aromatic heterocycles. The predicted octanol–water partition coefficient (Wildman–Crippen LogP) is 2.39. The number of hydrogen-bond acceptors (Lipinski definition) is 4. The molecule has 0 bridgehead atoms. The normalized spacial score (nSPS) is 14.7. The van der Waals surface area contributed by atoms with Crippen molar-refractivity contribution in [3.05, 3.63) is 65.2 Å². The van der Waals surface area contributed by atoms with Gasteiger partial charge in [0.2, 0.25) is 5.91 Å². The monoisotopic (exact) mass is 386 g/mol. The highest BCUT2D eigenvalue weighted by molar-refractivity contribution is 7.90. The highest BCUT2D eigenvalue weighted by atomic mass is 32.2. The second kappa shape index (κ2) is 7.52. The van der Waals surface area contributed by atoms with E-state index in [1.54, 1.807) is 18.2 Å². The molecule has 7 heteroatoms. The van der Waals surface area contributed by atoms with Gasteiger partial charge in [-0.05, 0) is 36.6 Å². The Hall–Kier alpha value is -2.67. The summed E-state index contributed by atoms with van der Waals surface area (Å²) in [5, 5.41) is 2.84. The fraction of sp³-hybridized carbons (Fsp3) is 0.300. The maximum atomic E-state index is 13.0. The van der Waals surface area contributed by atoms with E-state index in [0.717, 1.165) is 17.4 Å². The fourth-order valence-corrected chi connectivity index (χ4v) is 3.86. The van der Waals surface area contributed by atoms with Gasteiger partial charge in [-0.25, -0.2) is 8.42 Å². The minimum Gasteiger partial charge on any atom is -0.324 e. The maximum Gasteiger partial charge on any atom is 0.255 e. The number of para-hydroxylation sites is 1. The molecule has 0 aliphatic carbocycles. The van der Waals surface area contributed by atoms with Crippen molar-refractivity contribution in [1.29, 1.82) is 0 Å². The third kappa shape index (κ3) is 4.36. The van der Waals surface area contributed by atoms with Gasteiger partial charge in [-0.1, -0.05) is 36.4 Å². The van der Waals surface area contributed by atoms with Crippen LogP contribution in [0.3, 0.4) is 0 Å². The van der Waals surface area contributed by atoms with E-state index in [-0.39, 0.29) is 24.0 Å². The van der Waals surface area contributed by atoms with Gasteiger partial charge < -0.3 is 10.2 Å². The van der Waals surface area contributed by atoms with Crippen LogP contribution in [0.5, 0.6) is 0 Å². The van der Waals surface area contributed by atoms with E-state index in [1.807, 2.05) is 37.3 Å². The SMILES string of the molecule is Cc1ccccc1NC(=O)[C@@H](CCS(C)(=O)=O)N1Cc2ccccc2C1=O. The van der Waals surface area contributed by atoms with Gasteiger partial charge in [-0.2, -0.15) is 0 Å². The predicted molar refractivity (Wildman–Crippen MR) is 104 cm³/mol. The molecule has 2 amide bonds. The van der Waals surface area contributed by atoms with Crippen LogP contribution in [0.4, 0.5) is 5.69 Å². The van der Waals surface area contributed by atoms with Crippen molar-refractivity contribution in [3.63, 3.8) is 0 Å². The first-order valence-electron chi connectivity index (χ1n) is 8.69. The van der Waals surface area contributed by atoms with E-state index >= 15 is 0 Å². The molecule has 2 aromatic carbocycles. The molecule has 1 N–H and O–H groups in total. The zero-order valence-electron chi connectivity index (χ0n) is 15.3. The Labute approximate surface area is 159 Å². The first kappa shape index (κ1) is 19.1. The molecule has 0 unspecified atom stereocenters. The lowest BCUT2D eigenvalue weighted by Crippen LogP contribution is -2.45. The van der Waals surface area contributed by atoms with Gasteiger partial charge in [-0.3, -0.25) is 9.59 Å². The Morgan fingerprint density at radius 3 is 2.48 bits per heavy atom. The largest absolute Gasteiger partial charge is 0.324 e. The molecule has 1 aliphatic heterocycles. The van der Waals surface area contributed by atoms with Crippen molar-refractivity contribution in [2.24, 2.45) is 0 Å². The quantitative estimate of drug-likeness (QED) is 0.826. The van der Waals surface area contributed by atoms with E-state index in [1.165, 1.54) is 4.90 Å². The summed E-state index contributed by atoms with van der Waals surface area (Å²) in [6.07, 6.45) is 1.18. The number of carbonyl (C=O) groups is 2. The molecule has 0 radical (unpaired) electrons. The Morgan fingerprint density at radius 2 is 1.81 bits per heavy atom. The van der Waals surface area contributed by atoms with Crippen molar-refractivity contribution >= 4 is 27.3 Å². The van der Waals surface area contributed by atoms with Gasteiger partial charge in [0.05, 0.1) is 5.75 Å². The minimum atomic E-state index is -3.27. The summed E-state index contributed by atoms with van der Waals surface area (Å²) in [4.78, 5) is 27.2. The number of amides is 2. The number of anilines is 1. The number of aryl methyl sites for hydroxylation is 1. The summed E-state index contributed by atoms with van der Waals surface area (Å²) in [6.45, 7) is 2.17.